The molecule has 0 N–H and O–H groups in total. The molecule has 0 amide bonds. The molecule has 1 fully saturated rings. The molecule has 2 aliphatic rings. The fraction of sp³-hybridized carbons (Fsp3) is 0.533. The van der Waals surface area contributed by atoms with Crippen LogP contribution in [-0.4, -0.2) is 42.4 Å². The molecular weight excluding hydrogens is 288 g/mol. The van der Waals surface area contributed by atoms with Crippen LogP contribution in [0.15, 0.2) is 24.3 Å². The molecule has 2 heterocycles. The maximum absolute atomic E-state index is 12.8. The van der Waals surface area contributed by atoms with E-state index in [1.807, 2.05) is 18.2 Å². The van der Waals surface area contributed by atoms with Crippen molar-refractivity contribution in [2.45, 2.75) is 38.3 Å². The third-order valence-electron chi connectivity index (χ3n) is 4.37. The number of rotatable bonds is 3. The van der Waals surface area contributed by atoms with Crippen molar-refractivity contribution in [3.63, 3.8) is 0 Å². The van der Waals surface area contributed by atoms with Crippen LogP contribution in [0, 0.1) is 0 Å². The zero-order valence-electron chi connectivity index (χ0n) is 11.9. The fourth-order valence-corrected chi connectivity index (χ4v) is 4.95. The van der Waals surface area contributed by atoms with Crippen molar-refractivity contribution in [1.82, 2.24) is 8.61 Å². The molecule has 0 aromatic heterocycles. The molecule has 1 aromatic carbocycles. The summed E-state index contributed by atoms with van der Waals surface area (Å²) in [5.74, 6) is 0. The Kier molecular flexibility index (Phi) is 4.10. The van der Waals surface area contributed by atoms with E-state index in [-0.39, 0.29) is 0 Å². The van der Waals surface area contributed by atoms with Crippen LogP contribution in [0.1, 0.15) is 30.4 Å². The summed E-state index contributed by atoms with van der Waals surface area (Å²) in [6.45, 7) is 1.34. The van der Waals surface area contributed by atoms with Crippen molar-refractivity contribution in [2.24, 2.45) is 0 Å². The van der Waals surface area contributed by atoms with Gasteiger partial charge in [-0.25, -0.2) is 0 Å². The summed E-state index contributed by atoms with van der Waals surface area (Å²) in [5, 5.41) is 0. The van der Waals surface area contributed by atoms with Crippen molar-refractivity contribution >= 4 is 16.5 Å². The summed E-state index contributed by atoms with van der Waals surface area (Å²) in [4.78, 5) is 11.2. The van der Waals surface area contributed by atoms with E-state index in [1.54, 1.807) is 0 Å². The molecule has 114 valence electrons. The molecule has 0 saturated carbocycles. The Morgan fingerprint density at radius 1 is 1.10 bits per heavy atom. The van der Waals surface area contributed by atoms with Crippen LogP contribution in [-0.2, 0) is 28.0 Å². The normalized spacial score (nSPS) is 24.5. The number of carbonyl (C=O) groups is 1. The van der Waals surface area contributed by atoms with Gasteiger partial charge in [-0.3, -0.25) is 0 Å². The second-order valence-corrected chi connectivity index (χ2v) is 7.55. The molecule has 21 heavy (non-hydrogen) atoms. The summed E-state index contributed by atoms with van der Waals surface area (Å²) in [5.41, 5.74) is 2.28. The molecule has 0 spiro atoms. The molecular formula is C15H20N2O3S. The molecule has 6 heteroatoms. The lowest BCUT2D eigenvalue weighted by Gasteiger charge is -2.37. The maximum Gasteiger partial charge on any atom is 0.282 e. The first-order valence-corrected chi connectivity index (χ1v) is 8.81. The largest absolute Gasteiger partial charge is 0.302 e. The van der Waals surface area contributed by atoms with Gasteiger partial charge in [-0.1, -0.05) is 30.7 Å². The molecule has 1 saturated heterocycles. The van der Waals surface area contributed by atoms with Crippen molar-refractivity contribution < 1.29 is 13.2 Å². The Hall–Kier alpha value is -1.24. The van der Waals surface area contributed by atoms with Crippen LogP contribution in [0.5, 0.6) is 0 Å². The molecule has 1 atom stereocenters. The first-order chi connectivity index (χ1) is 10.1. The Labute approximate surface area is 125 Å². The van der Waals surface area contributed by atoms with E-state index in [0.29, 0.717) is 26.1 Å². The van der Waals surface area contributed by atoms with Crippen molar-refractivity contribution in [1.29, 1.82) is 0 Å². The number of carbonyl (C=O) groups excluding carboxylic acids is 1. The lowest BCUT2D eigenvalue weighted by atomic mass is 10.0. The minimum absolute atomic E-state index is 0.403. The van der Waals surface area contributed by atoms with Crippen molar-refractivity contribution in [3.8, 4) is 0 Å². The number of hydrogen-bond donors (Lipinski definition) is 0. The second-order valence-electron chi connectivity index (χ2n) is 5.67. The number of piperidine rings is 1. The lowest BCUT2D eigenvalue weighted by molar-refractivity contribution is -0.111. The zero-order chi connectivity index (χ0) is 14.9. The minimum Gasteiger partial charge on any atom is -0.302 e. The second kappa shape index (κ2) is 5.87. The average molecular weight is 308 g/mol. The number of nitrogens with zero attached hydrogens (tertiary/aromatic N) is 2. The van der Waals surface area contributed by atoms with Gasteiger partial charge in [0.15, 0.2) is 0 Å². The van der Waals surface area contributed by atoms with E-state index in [1.165, 1.54) is 14.2 Å². The molecule has 0 radical (unpaired) electrons. The van der Waals surface area contributed by atoms with Crippen LogP contribution in [0.4, 0.5) is 0 Å². The summed E-state index contributed by atoms with van der Waals surface area (Å²) in [6, 6.07) is 7.44. The van der Waals surface area contributed by atoms with Gasteiger partial charge in [0.25, 0.3) is 10.2 Å². The standard InChI is InChI=1S/C15H20N2O3S/c18-12-15-7-3-4-9-17(15)21(19,20)16-10-8-13-5-1-2-6-14(13)11-16/h1-2,5-6,12,15H,3-4,7-11H2. The Morgan fingerprint density at radius 2 is 1.86 bits per heavy atom. The van der Waals surface area contributed by atoms with Crippen LogP contribution < -0.4 is 0 Å². The fourth-order valence-electron chi connectivity index (χ4n) is 3.17. The summed E-state index contributed by atoms with van der Waals surface area (Å²) >= 11 is 0. The molecule has 5 nitrogen and oxygen atoms in total. The van der Waals surface area contributed by atoms with Gasteiger partial charge in [-0.05, 0) is 30.4 Å². The predicted octanol–water partition coefficient (Wildman–Crippen LogP) is 1.34. The van der Waals surface area contributed by atoms with Crippen LogP contribution in [0.3, 0.4) is 0 Å². The highest BCUT2D eigenvalue weighted by atomic mass is 32.2. The minimum atomic E-state index is -3.55. The predicted molar refractivity (Wildman–Crippen MR) is 79.9 cm³/mol. The lowest BCUT2D eigenvalue weighted by Crippen LogP contribution is -2.52. The first-order valence-electron chi connectivity index (χ1n) is 7.42. The Bertz CT molecular complexity index is 630. The quantitative estimate of drug-likeness (QED) is 0.792. The van der Waals surface area contributed by atoms with E-state index < -0.39 is 16.3 Å². The third-order valence-corrected chi connectivity index (χ3v) is 6.38. The Morgan fingerprint density at radius 3 is 2.62 bits per heavy atom. The highest BCUT2D eigenvalue weighted by Gasteiger charge is 2.37. The Balaban J connectivity index is 1.84. The van der Waals surface area contributed by atoms with Gasteiger partial charge in [0.2, 0.25) is 0 Å². The number of benzene rings is 1. The summed E-state index contributed by atoms with van der Waals surface area (Å²) in [7, 11) is -3.55. The molecule has 1 unspecified atom stereocenters. The highest BCUT2D eigenvalue weighted by molar-refractivity contribution is 7.86. The summed E-state index contributed by atoms with van der Waals surface area (Å²) < 4.78 is 28.5. The summed E-state index contributed by atoms with van der Waals surface area (Å²) in [6.07, 6.45) is 3.88. The molecule has 1 aromatic rings. The van der Waals surface area contributed by atoms with E-state index in [4.69, 9.17) is 0 Å². The molecule has 0 bridgehead atoms. The average Bonchev–Trinajstić information content (AvgIpc) is 2.54. The van der Waals surface area contributed by atoms with Gasteiger partial charge < -0.3 is 4.79 Å². The maximum atomic E-state index is 12.8. The van der Waals surface area contributed by atoms with Gasteiger partial charge in [0.1, 0.15) is 6.29 Å². The van der Waals surface area contributed by atoms with Gasteiger partial charge in [0.05, 0.1) is 6.04 Å². The number of hydrogen-bond acceptors (Lipinski definition) is 3. The molecule has 2 aliphatic heterocycles. The third kappa shape index (κ3) is 2.75. The van der Waals surface area contributed by atoms with Gasteiger partial charge >= 0.3 is 0 Å². The first kappa shape index (κ1) is 14.7. The van der Waals surface area contributed by atoms with Crippen LogP contribution >= 0.6 is 0 Å². The highest BCUT2D eigenvalue weighted by Crippen LogP contribution is 2.26. The van der Waals surface area contributed by atoms with Gasteiger partial charge in [-0.15, -0.1) is 0 Å². The van der Waals surface area contributed by atoms with Crippen LogP contribution in [0.2, 0.25) is 0 Å². The molecule has 0 aliphatic carbocycles. The van der Waals surface area contributed by atoms with E-state index >= 15 is 0 Å². The van der Waals surface area contributed by atoms with E-state index in [0.717, 1.165) is 31.1 Å². The van der Waals surface area contributed by atoms with Gasteiger partial charge in [-0.2, -0.15) is 17.0 Å². The van der Waals surface area contributed by atoms with Crippen LogP contribution in [0.25, 0.3) is 0 Å². The van der Waals surface area contributed by atoms with Crippen molar-refractivity contribution in [3.05, 3.63) is 35.4 Å². The monoisotopic (exact) mass is 308 g/mol. The van der Waals surface area contributed by atoms with E-state index in [2.05, 4.69) is 6.07 Å². The smallest absolute Gasteiger partial charge is 0.282 e. The number of aldehydes is 1. The van der Waals surface area contributed by atoms with Crippen molar-refractivity contribution in [2.75, 3.05) is 13.1 Å². The SMILES string of the molecule is O=CC1CCCCN1S(=O)(=O)N1CCc2ccccc2C1. The molecule has 3 rings (SSSR count). The zero-order valence-corrected chi connectivity index (χ0v) is 12.8. The van der Waals surface area contributed by atoms with E-state index in [9.17, 15) is 13.2 Å². The topological polar surface area (TPSA) is 57.7 Å². The van der Waals surface area contributed by atoms with Gasteiger partial charge in [0, 0.05) is 19.6 Å². The number of fused-ring (bicyclic) bond motifs is 1.